The van der Waals surface area contributed by atoms with E-state index in [2.05, 4.69) is 20.5 Å². The van der Waals surface area contributed by atoms with Gasteiger partial charge in [-0.05, 0) is 12.8 Å². The molecule has 0 spiro atoms. The molecule has 17 heavy (non-hydrogen) atoms. The van der Waals surface area contributed by atoms with E-state index in [1.807, 2.05) is 34.6 Å². The third-order valence-corrected chi connectivity index (χ3v) is 2.72. The maximum absolute atomic E-state index is 11.9. The number of nitrogens with one attached hydrogen (secondary N) is 2. The van der Waals surface area contributed by atoms with E-state index in [0.717, 1.165) is 18.7 Å². The number of hydrogen-bond acceptors (Lipinski definition) is 3. The number of hydrogen-bond donors (Lipinski definition) is 2. The Hall–Kier alpha value is -1.39. The second-order valence-corrected chi connectivity index (χ2v) is 5.24. The molecule has 5 nitrogen and oxygen atoms in total. The lowest BCUT2D eigenvalue weighted by Gasteiger charge is -2.13. The first-order valence-corrected chi connectivity index (χ1v) is 6.12. The second-order valence-electron chi connectivity index (χ2n) is 5.24. The fourth-order valence-corrected chi connectivity index (χ4v) is 1.44. The highest BCUT2D eigenvalue weighted by Crippen LogP contribution is 2.17. The zero-order valence-corrected chi connectivity index (χ0v) is 11.3. The van der Waals surface area contributed by atoms with E-state index in [-0.39, 0.29) is 23.2 Å². The van der Waals surface area contributed by atoms with Crippen LogP contribution in [0.1, 0.15) is 63.9 Å². The van der Waals surface area contributed by atoms with Crippen LogP contribution in [0.2, 0.25) is 0 Å². The first kappa shape index (κ1) is 13.7. The monoisotopic (exact) mass is 238 g/mol. The van der Waals surface area contributed by atoms with Gasteiger partial charge in [-0.15, -0.1) is 5.10 Å². The number of aromatic nitrogens is 3. The molecule has 0 aliphatic rings. The second kappa shape index (κ2) is 5.29. The van der Waals surface area contributed by atoms with Gasteiger partial charge in [-0.1, -0.05) is 34.6 Å². The van der Waals surface area contributed by atoms with Crippen molar-refractivity contribution in [1.29, 1.82) is 0 Å². The molecule has 1 amide bonds. The molecule has 5 heteroatoms. The molecule has 0 saturated heterocycles. The molecule has 2 N–H and O–H groups in total. The van der Waals surface area contributed by atoms with Crippen molar-refractivity contribution in [2.75, 3.05) is 0 Å². The summed E-state index contributed by atoms with van der Waals surface area (Å²) in [7, 11) is 0. The maximum Gasteiger partial charge on any atom is 0.291 e. The van der Waals surface area contributed by atoms with Gasteiger partial charge in [0.15, 0.2) is 0 Å². The highest BCUT2D eigenvalue weighted by Gasteiger charge is 2.21. The van der Waals surface area contributed by atoms with Crippen LogP contribution < -0.4 is 5.32 Å². The molecule has 0 radical (unpaired) electrons. The van der Waals surface area contributed by atoms with E-state index in [4.69, 9.17) is 0 Å². The van der Waals surface area contributed by atoms with Crippen LogP contribution in [-0.2, 0) is 5.41 Å². The van der Waals surface area contributed by atoms with Crippen molar-refractivity contribution >= 4 is 5.91 Å². The molecule has 0 aliphatic heterocycles. The lowest BCUT2D eigenvalue weighted by Crippen LogP contribution is -2.34. The van der Waals surface area contributed by atoms with Crippen LogP contribution in [0.3, 0.4) is 0 Å². The number of amides is 1. The molecule has 1 heterocycles. The standard InChI is InChI=1S/C12H22N4O/c1-6-8(7-2)13-10(17)9-14-11(16-15-9)12(3,4)5/h8H,6-7H2,1-5H3,(H,13,17)(H,14,15,16). The van der Waals surface area contributed by atoms with Gasteiger partial charge in [0.05, 0.1) is 0 Å². The van der Waals surface area contributed by atoms with Gasteiger partial charge in [-0.2, -0.15) is 0 Å². The minimum atomic E-state index is -0.203. The number of aromatic amines is 1. The number of H-pyrrole nitrogens is 1. The first-order chi connectivity index (χ1) is 7.88. The van der Waals surface area contributed by atoms with Crippen molar-refractivity contribution in [1.82, 2.24) is 20.5 Å². The normalized spacial score (nSPS) is 11.9. The molecule has 0 fully saturated rings. The Bertz CT molecular complexity index is 374. The van der Waals surface area contributed by atoms with Gasteiger partial charge in [0, 0.05) is 11.5 Å². The molecular weight excluding hydrogens is 216 g/mol. The average Bonchev–Trinajstić information content (AvgIpc) is 2.74. The summed E-state index contributed by atoms with van der Waals surface area (Å²) in [6.45, 7) is 10.2. The Morgan fingerprint density at radius 2 is 1.94 bits per heavy atom. The molecule has 1 aromatic rings. The number of carbonyl (C=O) groups excluding carboxylic acids is 1. The third-order valence-electron chi connectivity index (χ3n) is 2.72. The van der Waals surface area contributed by atoms with Gasteiger partial charge in [-0.25, -0.2) is 4.98 Å². The van der Waals surface area contributed by atoms with Gasteiger partial charge >= 0.3 is 0 Å². The van der Waals surface area contributed by atoms with Gasteiger partial charge < -0.3 is 5.32 Å². The molecule has 0 atom stereocenters. The van der Waals surface area contributed by atoms with Gasteiger partial charge in [0.1, 0.15) is 5.82 Å². The summed E-state index contributed by atoms with van der Waals surface area (Å²) in [6.07, 6.45) is 1.83. The zero-order valence-electron chi connectivity index (χ0n) is 11.3. The van der Waals surface area contributed by atoms with Crippen LogP contribution in [0, 0.1) is 0 Å². The highest BCUT2D eigenvalue weighted by atomic mass is 16.2. The van der Waals surface area contributed by atoms with Crippen molar-refractivity contribution in [3.8, 4) is 0 Å². The zero-order chi connectivity index (χ0) is 13.1. The van der Waals surface area contributed by atoms with Crippen molar-refractivity contribution in [2.24, 2.45) is 0 Å². The Balaban J connectivity index is 2.74. The fourth-order valence-electron chi connectivity index (χ4n) is 1.44. The van der Waals surface area contributed by atoms with Crippen molar-refractivity contribution in [3.63, 3.8) is 0 Å². The van der Waals surface area contributed by atoms with Crippen LogP contribution in [0.4, 0.5) is 0 Å². The number of carbonyl (C=O) groups is 1. The molecule has 96 valence electrons. The van der Waals surface area contributed by atoms with E-state index in [0.29, 0.717) is 0 Å². The summed E-state index contributed by atoms with van der Waals surface area (Å²) in [6, 6.07) is 0.194. The van der Waals surface area contributed by atoms with E-state index >= 15 is 0 Å². The van der Waals surface area contributed by atoms with Crippen molar-refractivity contribution in [2.45, 2.75) is 58.9 Å². The van der Waals surface area contributed by atoms with Crippen LogP contribution in [0.15, 0.2) is 0 Å². The molecule has 0 aliphatic carbocycles. The van der Waals surface area contributed by atoms with Crippen LogP contribution in [0.25, 0.3) is 0 Å². The summed E-state index contributed by atoms with van der Waals surface area (Å²) in [4.78, 5) is 16.1. The van der Waals surface area contributed by atoms with Crippen molar-refractivity contribution in [3.05, 3.63) is 11.6 Å². The summed E-state index contributed by atoms with van der Waals surface area (Å²) in [5.74, 6) is 0.750. The molecule has 0 bridgehead atoms. The lowest BCUT2D eigenvalue weighted by molar-refractivity contribution is 0.0924. The average molecular weight is 238 g/mol. The number of rotatable bonds is 4. The molecule has 1 rings (SSSR count). The molecule has 0 saturated carbocycles. The Morgan fingerprint density at radius 1 is 1.35 bits per heavy atom. The van der Waals surface area contributed by atoms with Gasteiger partial charge in [-0.3, -0.25) is 9.89 Å². The predicted octanol–water partition coefficient (Wildman–Crippen LogP) is 2.02. The molecule has 0 aromatic carbocycles. The smallest absolute Gasteiger partial charge is 0.291 e. The van der Waals surface area contributed by atoms with Crippen LogP contribution in [-0.4, -0.2) is 27.1 Å². The van der Waals surface area contributed by atoms with E-state index in [1.54, 1.807) is 0 Å². The largest absolute Gasteiger partial charge is 0.347 e. The minimum Gasteiger partial charge on any atom is -0.347 e. The molecule has 1 aromatic heterocycles. The fraction of sp³-hybridized carbons (Fsp3) is 0.750. The summed E-state index contributed by atoms with van der Waals surface area (Å²) < 4.78 is 0. The third kappa shape index (κ3) is 3.54. The quantitative estimate of drug-likeness (QED) is 0.843. The van der Waals surface area contributed by atoms with E-state index < -0.39 is 0 Å². The molecular formula is C12H22N4O. The minimum absolute atomic E-state index is 0.125. The SMILES string of the molecule is CCC(CC)NC(=O)c1n[nH]c(C(C)(C)C)n1. The van der Waals surface area contributed by atoms with Crippen LogP contribution in [0.5, 0.6) is 0 Å². The highest BCUT2D eigenvalue weighted by molar-refractivity contribution is 5.90. The van der Waals surface area contributed by atoms with E-state index in [1.165, 1.54) is 0 Å². The molecule has 0 unspecified atom stereocenters. The number of nitrogens with zero attached hydrogens (tertiary/aromatic N) is 2. The lowest BCUT2D eigenvalue weighted by atomic mass is 9.96. The van der Waals surface area contributed by atoms with E-state index in [9.17, 15) is 4.79 Å². The van der Waals surface area contributed by atoms with Gasteiger partial charge in [0.25, 0.3) is 5.91 Å². The summed E-state index contributed by atoms with van der Waals surface area (Å²) in [5.41, 5.74) is -0.125. The van der Waals surface area contributed by atoms with Crippen LogP contribution >= 0.6 is 0 Å². The Morgan fingerprint density at radius 3 is 2.35 bits per heavy atom. The Labute approximate surface area is 102 Å². The summed E-state index contributed by atoms with van der Waals surface area (Å²) in [5, 5.41) is 9.68. The summed E-state index contributed by atoms with van der Waals surface area (Å²) >= 11 is 0. The first-order valence-electron chi connectivity index (χ1n) is 6.12. The predicted molar refractivity (Wildman–Crippen MR) is 66.9 cm³/mol. The maximum atomic E-state index is 11.9. The topological polar surface area (TPSA) is 70.7 Å². The van der Waals surface area contributed by atoms with Crippen molar-refractivity contribution < 1.29 is 4.79 Å². The Kier molecular flexibility index (Phi) is 4.26. The van der Waals surface area contributed by atoms with Gasteiger partial charge in [0.2, 0.25) is 5.82 Å².